The molecule has 3 heteroatoms. The van der Waals surface area contributed by atoms with Crippen molar-refractivity contribution in [2.24, 2.45) is 0 Å². The van der Waals surface area contributed by atoms with E-state index >= 15 is 0 Å². The minimum atomic E-state index is -0.139. The van der Waals surface area contributed by atoms with Crippen LogP contribution in [0.2, 0.25) is 0 Å². The van der Waals surface area contributed by atoms with Gasteiger partial charge in [-0.25, -0.2) is 4.98 Å². The molecule has 3 aromatic rings. The number of nitrogens with one attached hydrogen (secondary N) is 1. The molecule has 0 bridgehead atoms. The molecule has 0 saturated carbocycles. The largest absolute Gasteiger partial charge is 0.306 e. The summed E-state index contributed by atoms with van der Waals surface area (Å²) in [5.41, 5.74) is 4.73. The van der Waals surface area contributed by atoms with E-state index in [-0.39, 0.29) is 5.56 Å². The van der Waals surface area contributed by atoms with Crippen molar-refractivity contribution >= 4 is 0 Å². The van der Waals surface area contributed by atoms with Gasteiger partial charge in [0, 0.05) is 17.2 Å². The predicted octanol–water partition coefficient (Wildman–Crippen LogP) is 3.72. The minimum absolute atomic E-state index is 0.139. The fourth-order valence-corrected chi connectivity index (χ4v) is 2.34. The standard InChI is InChI=1S/C18H16N2O/c1-12-8-9-13(2)15(10-12)16-11-17(21)20-18(19-16)14-6-4-3-5-7-14/h3-11H,1-2H3,(H,19,20,21). The zero-order valence-corrected chi connectivity index (χ0v) is 12.1. The Hall–Kier alpha value is -2.68. The summed E-state index contributed by atoms with van der Waals surface area (Å²) in [4.78, 5) is 19.4. The van der Waals surface area contributed by atoms with Gasteiger partial charge in [-0.2, -0.15) is 0 Å². The van der Waals surface area contributed by atoms with Crippen LogP contribution in [0.15, 0.2) is 59.4 Å². The lowest BCUT2D eigenvalue weighted by Crippen LogP contribution is -2.09. The molecule has 1 heterocycles. The van der Waals surface area contributed by atoms with E-state index < -0.39 is 0 Å². The molecule has 1 aromatic heterocycles. The van der Waals surface area contributed by atoms with E-state index in [1.54, 1.807) is 6.07 Å². The number of rotatable bonds is 2. The van der Waals surface area contributed by atoms with E-state index in [1.807, 2.05) is 44.2 Å². The molecule has 0 aliphatic carbocycles. The third-order valence-corrected chi connectivity index (χ3v) is 3.46. The molecular weight excluding hydrogens is 260 g/mol. The van der Waals surface area contributed by atoms with Crippen LogP contribution in [-0.4, -0.2) is 9.97 Å². The van der Waals surface area contributed by atoms with Crippen LogP contribution in [-0.2, 0) is 0 Å². The molecule has 1 N–H and O–H groups in total. The summed E-state index contributed by atoms with van der Waals surface area (Å²) in [5.74, 6) is 0.596. The molecule has 0 unspecified atom stereocenters. The maximum atomic E-state index is 12.0. The molecule has 3 rings (SSSR count). The van der Waals surface area contributed by atoms with Crippen molar-refractivity contribution in [3.05, 3.63) is 76.1 Å². The second-order valence-corrected chi connectivity index (χ2v) is 5.16. The molecule has 0 radical (unpaired) electrons. The van der Waals surface area contributed by atoms with Crippen molar-refractivity contribution in [2.45, 2.75) is 13.8 Å². The normalized spacial score (nSPS) is 10.6. The minimum Gasteiger partial charge on any atom is -0.306 e. The quantitative estimate of drug-likeness (QED) is 0.775. The molecule has 3 nitrogen and oxygen atoms in total. The van der Waals surface area contributed by atoms with E-state index in [1.165, 1.54) is 0 Å². The van der Waals surface area contributed by atoms with Crippen molar-refractivity contribution in [2.75, 3.05) is 0 Å². The topological polar surface area (TPSA) is 45.8 Å². The van der Waals surface area contributed by atoms with Crippen molar-refractivity contribution in [3.63, 3.8) is 0 Å². The lowest BCUT2D eigenvalue weighted by molar-refractivity contribution is 1.13. The van der Waals surface area contributed by atoms with Gasteiger partial charge in [0.1, 0.15) is 5.82 Å². The van der Waals surface area contributed by atoms with Crippen LogP contribution in [0.5, 0.6) is 0 Å². The molecule has 0 amide bonds. The molecule has 0 atom stereocenters. The lowest BCUT2D eigenvalue weighted by Gasteiger charge is -2.08. The average Bonchev–Trinajstić information content (AvgIpc) is 2.50. The maximum Gasteiger partial charge on any atom is 0.251 e. The number of aromatic amines is 1. The van der Waals surface area contributed by atoms with Gasteiger partial charge in [-0.05, 0) is 25.5 Å². The number of nitrogens with zero attached hydrogens (tertiary/aromatic N) is 1. The number of H-pyrrole nitrogens is 1. The lowest BCUT2D eigenvalue weighted by atomic mass is 10.0. The molecule has 21 heavy (non-hydrogen) atoms. The molecule has 2 aromatic carbocycles. The summed E-state index contributed by atoms with van der Waals surface area (Å²) in [5, 5.41) is 0. The zero-order valence-electron chi connectivity index (χ0n) is 12.1. The Morgan fingerprint density at radius 1 is 0.952 bits per heavy atom. The monoisotopic (exact) mass is 276 g/mol. The van der Waals surface area contributed by atoms with Gasteiger partial charge in [0.15, 0.2) is 0 Å². The number of aryl methyl sites for hydroxylation is 2. The fraction of sp³-hybridized carbons (Fsp3) is 0.111. The summed E-state index contributed by atoms with van der Waals surface area (Å²) in [6, 6.07) is 17.4. The van der Waals surface area contributed by atoms with Crippen LogP contribution in [0.1, 0.15) is 11.1 Å². The number of aromatic nitrogens is 2. The Balaban J connectivity index is 2.19. The van der Waals surface area contributed by atoms with Gasteiger partial charge in [0.25, 0.3) is 5.56 Å². The van der Waals surface area contributed by atoms with Gasteiger partial charge in [0.2, 0.25) is 0 Å². The maximum absolute atomic E-state index is 12.0. The Labute approximate surface area is 123 Å². The van der Waals surface area contributed by atoms with Gasteiger partial charge < -0.3 is 4.98 Å². The smallest absolute Gasteiger partial charge is 0.251 e. The highest BCUT2D eigenvalue weighted by molar-refractivity contribution is 5.66. The van der Waals surface area contributed by atoms with E-state index in [0.29, 0.717) is 11.5 Å². The first kappa shape index (κ1) is 13.3. The fourth-order valence-electron chi connectivity index (χ4n) is 2.34. The molecular formula is C18H16N2O. The highest BCUT2D eigenvalue weighted by Crippen LogP contribution is 2.23. The first-order chi connectivity index (χ1) is 10.1. The first-order valence-electron chi connectivity index (χ1n) is 6.88. The number of benzene rings is 2. The third kappa shape index (κ3) is 2.77. The van der Waals surface area contributed by atoms with Gasteiger partial charge in [-0.3, -0.25) is 4.79 Å². The van der Waals surface area contributed by atoms with Crippen LogP contribution in [0.3, 0.4) is 0 Å². The summed E-state index contributed by atoms with van der Waals surface area (Å²) in [6.45, 7) is 4.06. The molecule has 0 spiro atoms. The number of hydrogen-bond donors (Lipinski definition) is 1. The van der Waals surface area contributed by atoms with Crippen LogP contribution in [0, 0.1) is 13.8 Å². The van der Waals surface area contributed by atoms with Crippen LogP contribution < -0.4 is 5.56 Å². The molecule has 0 aliphatic rings. The van der Waals surface area contributed by atoms with Crippen molar-refractivity contribution in [3.8, 4) is 22.6 Å². The second kappa shape index (κ2) is 5.37. The Kier molecular flexibility index (Phi) is 3.40. The first-order valence-corrected chi connectivity index (χ1v) is 6.88. The van der Waals surface area contributed by atoms with E-state index in [0.717, 1.165) is 22.3 Å². The predicted molar refractivity (Wildman–Crippen MR) is 85.2 cm³/mol. The Morgan fingerprint density at radius 3 is 2.48 bits per heavy atom. The van der Waals surface area contributed by atoms with Gasteiger partial charge in [0.05, 0.1) is 5.69 Å². The van der Waals surface area contributed by atoms with E-state index in [9.17, 15) is 4.79 Å². The number of hydrogen-bond acceptors (Lipinski definition) is 2. The third-order valence-electron chi connectivity index (χ3n) is 3.46. The highest BCUT2D eigenvalue weighted by atomic mass is 16.1. The molecule has 0 fully saturated rings. The van der Waals surface area contributed by atoms with Gasteiger partial charge >= 0.3 is 0 Å². The van der Waals surface area contributed by atoms with Gasteiger partial charge in [-0.1, -0.05) is 48.0 Å². The molecule has 0 saturated heterocycles. The Bertz CT molecular complexity index is 835. The van der Waals surface area contributed by atoms with Crippen LogP contribution >= 0.6 is 0 Å². The zero-order chi connectivity index (χ0) is 14.8. The van der Waals surface area contributed by atoms with E-state index in [2.05, 4.69) is 28.2 Å². The van der Waals surface area contributed by atoms with Crippen molar-refractivity contribution in [1.29, 1.82) is 0 Å². The SMILES string of the molecule is Cc1ccc(C)c(-c2cc(=O)[nH]c(-c3ccccc3)n2)c1. The second-order valence-electron chi connectivity index (χ2n) is 5.16. The summed E-state index contributed by atoms with van der Waals surface area (Å²) in [7, 11) is 0. The van der Waals surface area contributed by atoms with Crippen LogP contribution in [0.25, 0.3) is 22.6 Å². The molecule has 104 valence electrons. The highest BCUT2D eigenvalue weighted by Gasteiger charge is 2.08. The van der Waals surface area contributed by atoms with Crippen LogP contribution in [0.4, 0.5) is 0 Å². The summed E-state index contributed by atoms with van der Waals surface area (Å²) in [6.07, 6.45) is 0. The Morgan fingerprint density at radius 2 is 1.71 bits per heavy atom. The van der Waals surface area contributed by atoms with E-state index in [4.69, 9.17) is 0 Å². The summed E-state index contributed by atoms with van der Waals surface area (Å²) < 4.78 is 0. The average molecular weight is 276 g/mol. The van der Waals surface area contributed by atoms with Gasteiger partial charge in [-0.15, -0.1) is 0 Å². The van der Waals surface area contributed by atoms with Crippen molar-refractivity contribution in [1.82, 2.24) is 9.97 Å². The molecule has 0 aliphatic heterocycles. The van der Waals surface area contributed by atoms with Crippen molar-refractivity contribution < 1.29 is 0 Å². The summed E-state index contributed by atoms with van der Waals surface area (Å²) >= 11 is 0.